The first-order chi connectivity index (χ1) is 10.2. The number of nitrogens with zero attached hydrogens (tertiary/aromatic N) is 1. The highest BCUT2D eigenvalue weighted by Gasteiger charge is 2.32. The molecule has 0 aliphatic rings. The van der Waals surface area contributed by atoms with Crippen molar-refractivity contribution in [3.8, 4) is 11.8 Å². The molecule has 1 aromatic rings. The second-order valence-corrected chi connectivity index (χ2v) is 3.98. The van der Waals surface area contributed by atoms with Crippen molar-refractivity contribution in [3.63, 3.8) is 0 Å². The second-order valence-electron chi connectivity index (χ2n) is 3.98. The van der Waals surface area contributed by atoms with Gasteiger partial charge in [0.05, 0.1) is 24.7 Å². The molecule has 0 aliphatic heterocycles. The lowest BCUT2D eigenvalue weighted by Gasteiger charge is -2.14. The molecule has 0 saturated carbocycles. The zero-order valence-corrected chi connectivity index (χ0v) is 11.2. The van der Waals surface area contributed by atoms with Gasteiger partial charge in [0, 0.05) is 5.56 Å². The van der Waals surface area contributed by atoms with Crippen LogP contribution < -0.4 is 4.74 Å². The van der Waals surface area contributed by atoms with Gasteiger partial charge in [-0.1, -0.05) is 0 Å². The number of hydrogen-bond donors (Lipinski definition) is 0. The van der Waals surface area contributed by atoms with Crippen LogP contribution in [0.2, 0.25) is 0 Å². The maximum atomic E-state index is 13.0. The fourth-order valence-electron chi connectivity index (χ4n) is 1.71. The van der Waals surface area contributed by atoms with Gasteiger partial charge in [0.25, 0.3) is 6.43 Å². The normalized spacial score (nSPS) is 11.2. The first-order valence-corrected chi connectivity index (χ1v) is 5.94. The molecular formula is C13H10F5NO3. The van der Waals surface area contributed by atoms with Crippen LogP contribution in [-0.2, 0) is 16.0 Å². The minimum atomic E-state index is -5.09. The van der Waals surface area contributed by atoms with E-state index in [0.29, 0.717) is 12.1 Å². The molecule has 0 spiro atoms. The van der Waals surface area contributed by atoms with Crippen molar-refractivity contribution >= 4 is 5.97 Å². The lowest BCUT2D eigenvalue weighted by Crippen LogP contribution is -2.18. The molecule has 0 bridgehead atoms. The summed E-state index contributed by atoms with van der Waals surface area (Å²) in [7, 11) is 0. The van der Waals surface area contributed by atoms with Crippen LogP contribution in [0.4, 0.5) is 22.0 Å². The highest BCUT2D eigenvalue weighted by molar-refractivity contribution is 5.74. The molecule has 0 radical (unpaired) electrons. The molecule has 0 atom stereocenters. The monoisotopic (exact) mass is 323 g/mol. The van der Waals surface area contributed by atoms with Crippen LogP contribution in [0.25, 0.3) is 0 Å². The third-order valence-electron chi connectivity index (χ3n) is 2.47. The Morgan fingerprint density at radius 3 is 2.45 bits per heavy atom. The number of esters is 1. The molecule has 120 valence electrons. The second kappa shape index (κ2) is 7.06. The van der Waals surface area contributed by atoms with Gasteiger partial charge in [-0.2, -0.15) is 5.26 Å². The quantitative estimate of drug-likeness (QED) is 0.615. The zero-order chi connectivity index (χ0) is 16.9. The highest BCUT2D eigenvalue weighted by atomic mass is 19.4. The third kappa shape index (κ3) is 4.87. The molecule has 0 saturated heterocycles. The van der Waals surface area contributed by atoms with Gasteiger partial charge in [-0.25, -0.2) is 8.78 Å². The van der Waals surface area contributed by atoms with E-state index >= 15 is 0 Å². The fourth-order valence-corrected chi connectivity index (χ4v) is 1.71. The number of ether oxygens (including phenoxy) is 2. The molecule has 0 fully saturated rings. The number of nitriles is 1. The molecule has 0 heterocycles. The number of rotatable bonds is 5. The largest absolute Gasteiger partial charge is 0.573 e. The molecule has 0 aromatic heterocycles. The van der Waals surface area contributed by atoms with Crippen molar-refractivity contribution in [1.82, 2.24) is 0 Å². The standard InChI is InChI=1S/C13H10F5NO3/c1-2-21-11(20)5-9-7(6-19)3-8(22-13(16,17)18)4-10(9)12(14)15/h3-4,12H,2,5H2,1H3. The Labute approximate surface area is 122 Å². The Morgan fingerprint density at radius 1 is 1.36 bits per heavy atom. The van der Waals surface area contributed by atoms with E-state index in [0.717, 1.165) is 0 Å². The Morgan fingerprint density at radius 2 is 2.00 bits per heavy atom. The maximum absolute atomic E-state index is 13.0. The summed E-state index contributed by atoms with van der Waals surface area (Å²) in [5, 5.41) is 8.91. The minimum Gasteiger partial charge on any atom is -0.466 e. The molecule has 4 nitrogen and oxygen atoms in total. The number of alkyl halides is 5. The molecule has 0 aliphatic carbocycles. The van der Waals surface area contributed by atoms with E-state index in [-0.39, 0.29) is 12.2 Å². The maximum Gasteiger partial charge on any atom is 0.573 e. The Hall–Kier alpha value is -2.37. The van der Waals surface area contributed by atoms with Crippen molar-refractivity contribution in [2.24, 2.45) is 0 Å². The summed E-state index contributed by atoms with van der Waals surface area (Å²) in [5.74, 6) is -1.82. The van der Waals surface area contributed by atoms with Crippen LogP contribution in [-0.4, -0.2) is 18.9 Å². The van der Waals surface area contributed by atoms with Crippen LogP contribution in [0.3, 0.4) is 0 Å². The van der Waals surface area contributed by atoms with E-state index in [1.807, 2.05) is 0 Å². The molecule has 1 rings (SSSR count). The average molecular weight is 323 g/mol. The SMILES string of the molecule is CCOC(=O)Cc1c(C#N)cc(OC(F)(F)F)cc1C(F)F. The van der Waals surface area contributed by atoms with Crippen LogP contribution in [0.5, 0.6) is 5.75 Å². The molecule has 0 unspecified atom stereocenters. The van der Waals surface area contributed by atoms with E-state index in [4.69, 9.17) is 5.26 Å². The van der Waals surface area contributed by atoms with E-state index in [2.05, 4.69) is 9.47 Å². The van der Waals surface area contributed by atoms with Gasteiger partial charge in [-0.05, 0) is 24.6 Å². The van der Waals surface area contributed by atoms with Crippen molar-refractivity contribution in [3.05, 3.63) is 28.8 Å². The molecule has 0 amide bonds. The van der Waals surface area contributed by atoms with E-state index in [9.17, 15) is 26.7 Å². The summed E-state index contributed by atoms with van der Waals surface area (Å²) in [4.78, 5) is 11.4. The first kappa shape index (κ1) is 17.7. The number of carbonyl (C=O) groups is 1. The smallest absolute Gasteiger partial charge is 0.466 e. The van der Waals surface area contributed by atoms with E-state index < -0.39 is 42.1 Å². The van der Waals surface area contributed by atoms with Gasteiger partial charge >= 0.3 is 12.3 Å². The summed E-state index contributed by atoms with van der Waals surface area (Å²) in [5.41, 5.74) is -1.78. The van der Waals surface area contributed by atoms with Gasteiger partial charge in [-0.3, -0.25) is 4.79 Å². The third-order valence-corrected chi connectivity index (χ3v) is 2.47. The molecule has 9 heteroatoms. The van der Waals surface area contributed by atoms with Crippen LogP contribution in [0.15, 0.2) is 12.1 Å². The molecule has 22 heavy (non-hydrogen) atoms. The van der Waals surface area contributed by atoms with Gasteiger partial charge < -0.3 is 9.47 Å². The van der Waals surface area contributed by atoms with Gasteiger partial charge in [-0.15, -0.1) is 13.2 Å². The minimum absolute atomic E-state index is 0.000000540. The summed E-state index contributed by atoms with van der Waals surface area (Å²) in [6.07, 6.45) is -8.93. The van der Waals surface area contributed by atoms with Crippen molar-refractivity contribution in [2.75, 3.05) is 6.61 Å². The number of benzene rings is 1. The van der Waals surface area contributed by atoms with Gasteiger partial charge in [0.1, 0.15) is 5.75 Å². The Bertz CT molecular complexity index is 593. The lowest BCUT2D eigenvalue weighted by atomic mass is 9.98. The molecule has 0 N–H and O–H groups in total. The van der Waals surface area contributed by atoms with E-state index in [1.165, 1.54) is 13.0 Å². The summed E-state index contributed by atoms with van der Waals surface area (Å²) >= 11 is 0. The first-order valence-electron chi connectivity index (χ1n) is 5.94. The van der Waals surface area contributed by atoms with Crippen LogP contribution >= 0.6 is 0 Å². The molecule has 1 aromatic carbocycles. The summed E-state index contributed by atoms with van der Waals surface area (Å²) < 4.78 is 70.6. The highest BCUT2D eigenvalue weighted by Crippen LogP contribution is 2.33. The zero-order valence-electron chi connectivity index (χ0n) is 11.2. The summed E-state index contributed by atoms with van der Waals surface area (Å²) in [6.45, 7) is 1.50. The number of hydrogen-bond acceptors (Lipinski definition) is 4. The van der Waals surface area contributed by atoms with Gasteiger partial charge in [0.15, 0.2) is 0 Å². The van der Waals surface area contributed by atoms with Crippen LogP contribution in [0.1, 0.15) is 30.0 Å². The molecular weight excluding hydrogens is 313 g/mol. The van der Waals surface area contributed by atoms with Crippen molar-refractivity contribution in [2.45, 2.75) is 26.1 Å². The topological polar surface area (TPSA) is 59.3 Å². The number of halogens is 5. The average Bonchev–Trinajstić information content (AvgIpc) is 2.38. The predicted molar refractivity (Wildman–Crippen MR) is 63.1 cm³/mol. The Balaban J connectivity index is 3.30. The lowest BCUT2D eigenvalue weighted by molar-refractivity contribution is -0.274. The van der Waals surface area contributed by atoms with E-state index in [1.54, 1.807) is 0 Å². The fraction of sp³-hybridized carbons (Fsp3) is 0.385. The predicted octanol–water partition coefficient (Wildman–Crippen LogP) is 3.50. The van der Waals surface area contributed by atoms with Crippen LogP contribution in [0, 0.1) is 11.3 Å². The van der Waals surface area contributed by atoms with Crippen molar-refractivity contribution < 1.29 is 36.2 Å². The van der Waals surface area contributed by atoms with Crippen molar-refractivity contribution in [1.29, 1.82) is 5.26 Å². The summed E-state index contributed by atoms with van der Waals surface area (Å²) in [6, 6.07) is 2.57. The Kier molecular flexibility index (Phi) is 5.68. The van der Waals surface area contributed by atoms with Gasteiger partial charge in [0.2, 0.25) is 0 Å². The number of carbonyl (C=O) groups excluding carboxylic acids is 1.